The van der Waals surface area contributed by atoms with Gasteiger partial charge in [-0.3, -0.25) is 4.98 Å². The molecule has 0 amide bonds. The number of aromatic nitrogens is 1. The van der Waals surface area contributed by atoms with Crippen LogP contribution in [0.15, 0.2) is 72.1 Å². The molecule has 2 aliphatic rings. The zero-order chi connectivity index (χ0) is 18.4. The van der Waals surface area contributed by atoms with Gasteiger partial charge in [0.2, 0.25) is 6.23 Å². The van der Waals surface area contributed by atoms with Gasteiger partial charge in [0.1, 0.15) is 11.5 Å². The Hall–Kier alpha value is -3.05. The van der Waals surface area contributed by atoms with E-state index in [1.54, 1.807) is 24.5 Å². The summed E-state index contributed by atoms with van der Waals surface area (Å²) >= 11 is 6.24. The first-order chi connectivity index (χ1) is 13.2. The number of rotatable bonds is 2. The minimum Gasteiger partial charge on any atom is -0.507 e. The molecule has 6 heteroatoms. The smallest absolute Gasteiger partial charge is 0.215 e. The molecule has 2 aliphatic heterocycles. The van der Waals surface area contributed by atoms with Crippen LogP contribution in [0.25, 0.3) is 0 Å². The summed E-state index contributed by atoms with van der Waals surface area (Å²) in [6.07, 6.45) is 3.79. The summed E-state index contributed by atoms with van der Waals surface area (Å²) in [4.78, 5) is 4.22. The third-order valence-corrected chi connectivity index (χ3v) is 5.17. The Balaban J connectivity index is 1.63. The van der Waals surface area contributed by atoms with E-state index < -0.39 is 0 Å². The van der Waals surface area contributed by atoms with Crippen LogP contribution < -0.4 is 4.74 Å². The van der Waals surface area contributed by atoms with E-state index in [4.69, 9.17) is 21.4 Å². The molecule has 0 saturated heterocycles. The fourth-order valence-electron chi connectivity index (χ4n) is 3.68. The van der Waals surface area contributed by atoms with Crippen molar-refractivity contribution in [3.05, 3.63) is 88.7 Å². The molecule has 5 rings (SSSR count). The standard InChI is InChI=1S/C21H16ClN3O2/c22-14-7-8-20-16(10-14)18-11-17(15-5-1-2-6-19(15)26)24-25(18)21(27-20)13-4-3-9-23-12-13/h1-10,12,18,21,26H,11H2/t18-,21-/m0/s1. The van der Waals surface area contributed by atoms with Gasteiger partial charge in [-0.05, 0) is 36.4 Å². The molecule has 0 aliphatic carbocycles. The average molecular weight is 378 g/mol. The van der Waals surface area contributed by atoms with Gasteiger partial charge in [-0.25, -0.2) is 5.01 Å². The van der Waals surface area contributed by atoms with Gasteiger partial charge in [-0.15, -0.1) is 0 Å². The Morgan fingerprint density at radius 2 is 2.00 bits per heavy atom. The van der Waals surface area contributed by atoms with Gasteiger partial charge in [0.05, 0.1) is 11.8 Å². The van der Waals surface area contributed by atoms with Gasteiger partial charge in [-0.1, -0.05) is 29.8 Å². The quantitative estimate of drug-likeness (QED) is 0.704. The van der Waals surface area contributed by atoms with Crippen LogP contribution in [-0.4, -0.2) is 20.8 Å². The van der Waals surface area contributed by atoms with Gasteiger partial charge in [0.15, 0.2) is 0 Å². The summed E-state index contributed by atoms with van der Waals surface area (Å²) in [6, 6.07) is 16.8. The maximum Gasteiger partial charge on any atom is 0.215 e. The number of benzene rings is 2. The molecule has 2 aromatic carbocycles. The van der Waals surface area contributed by atoms with Gasteiger partial charge in [-0.2, -0.15) is 5.10 Å². The number of phenolic OH excluding ortho intramolecular Hbond substituents is 1. The van der Waals surface area contributed by atoms with Crippen molar-refractivity contribution in [2.24, 2.45) is 5.10 Å². The van der Waals surface area contributed by atoms with Crippen molar-refractivity contribution < 1.29 is 9.84 Å². The molecule has 3 heterocycles. The van der Waals surface area contributed by atoms with E-state index in [2.05, 4.69) is 4.98 Å². The van der Waals surface area contributed by atoms with E-state index in [-0.39, 0.29) is 18.0 Å². The van der Waals surface area contributed by atoms with Crippen molar-refractivity contribution in [1.82, 2.24) is 9.99 Å². The van der Waals surface area contributed by atoms with Crippen molar-refractivity contribution in [3.8, 4) is 11.5 Å². The number of para-hydroxylation sites is 1. The molecule has 27 heavy (non-hydrogen) atoms. The number of hydrogen-bond donors (Lipinski definition) is 1. The number of ether oxygens (including phenoxy) is 1. The fraction of sp³-hybridized carbons (Fsp3) is 0.143. The molecule has 0 saturated carbocycles. The number of aromatic hydroxyl groups is 1. The SMILES string of the molecule is Oc1ccccc1C1=NN2[C@@H](C1)c1cc(Cl)ccc1O[C@H]2c1cccnc1. The maximum atomic E-state index is 10.3. The van der Waals surface area contributed by atoms with E-state index >= 15 is 0 Å². The zero-order valence-electron chi connectivity index (χ0n) is 14.3. The van der Waals surface area contributed by atoms with Crippen LogP contribution in [0.4, 0.5) is 0 Å². The van der Waals surface area contributed by atoms with Gasteiger partial charge >= 0.3 is 0 Å². The first-order valence-corrected chi connectivity index (χ1v) is 9.09. The second-order valence-electron chi connectivity index (χ2n) is 6.60. The van der Waals surface area contributed by atoms with Crippen molar-refractivity contribution >= 4 is 17.3 Å². The fourth-order valence-corrected chi connectivity index (χ4v) is 3.86. The molecular weight excluding hydrogens is 362 g/mol. The lowest BCUT2D eigenvalue weighted by Crippen LogP contribution is -2.33. The van der Waals surface area contributed by atoms with Crippen LogP contribution in [0.1, 0.15) is 35.4 Å². The van der Waals surface area contributed by atoms with Crippen LogP contribution in [0.5, 0.6) is 11.5 Å². The Bertz CT molecular complexity index is 1040. The lowest BCUT2D eigenvalue weighted by molar-refractivity contribution is -0.0192. The number of halogens is 1. The number of fused-ring (bicyclic) bond motifs is 3. The third-order valence-electron chi connectivity index (χ3n) is 4.94. The molecule has 2 atom stereocenters. The number of phenols is 1. The Morgan fingerprint density at radius 3 is 2.81 bits per heavy atom. The second-order valence-corrected chi connectivity index (χ2v) is 7.04. The number of hydrazone groups is 1. The molecule has 134 valence electrons. The highest BCUT2D eigenvalue weighted by molar-refractivity contribution is 6.30. The number of nitrogens with zero attached hydrogens (tertiary/aromatic N) is 3. The molecular formula is C21H16ClN3O2. The van der Waals surface area contributed by atoms with Gasteiger partial charge in [0, 0.05) is 40.5 Å². The second kappa shape index (κ2) is 6.28. The van der Waals surface area contributed by atoms with Crippen LogP contribution in [0, 0.1) is 0 Å². The van der Waals surface area contributed by atoms with E-state index in [1.807, 2.05) is 47.5 Å². The summed E-state index contributed by atoms with van der Waals surface area (Å²) in [5.74, 6) is 1.02. The van der Waals surface area contributed by atoms with Crippen LogP contribution >= 0.6 is 11.6 Å². The summed E-state index contributed by atoms with van der Waals surface area (Å²) < 4.78 is 6.26. The summed E-state index contributed by atoms with van der Waals surface area (Å²) in [5, 5.41) is 17.7. The minimum atomic E-state index is -0.388. The minimum absolute atomic E-state index is 0.0211. The monoisotopic (exact) mass is 377 g/mol. The lowest BCUT2D eigenvalue weighted by Gasteiger charge is -2.38. The number of pyridine rings is 1. The van der Waals surface area contributed by atoms with Crippen LogP contribution in [0.3, 0.4) is 0 Å². The predicted octanol–water partition coefficient (Wildman–Crippen LogP) is 4.68. The van der Waals surface area contributed by atoms with Gasteiger partial charge in [0.25, 0.3) is 0 Å². The van der Waals surface area contributed by atoms with Crippen molar-refractivity contribution in [2.45, 2.75) is 18.7 Å². The van der Waals surface area contributed by atoms with Crippen LogP contribution in [0.2, 0.25) is 5.02 Å². The largest absolute Gasteiger partial charge is 0.507 e. The summed E-state index contributed by atoms with van der Waals surface area (Å²) in [5.41, 5.74) is 3.48. The van der Waals surface area contributed by atoms with Crippen LogP contribution in [-0.2, 0) is 0 Å². The van der Waals surface area contributed by atoms with Crippen molar-refractivity contribution in [2.75, 3.05) is 0 Å². The molecule has 0 radical (unpaired) electrons. The first kappa shape index (κ1) is 16.1. The first-order valence-electron chi connectivity index (χ1n) is 8.71. The Morgan fingerprint density at radius 1 is 1.11 bits per heavy atom. The van der Waals surface area contributed by atoms with Gasteiger partial charge < -0.3 is 9.84 Å². The van der Waals surface area contributed by atoms with E-state index in [0.29, 0.717) is 11.4 Å². The molecule has 3 aromatic rings. The highest BCUT2D eigenvalue weighted by atomic mass is 35.5. The molecule has 0 spiro atoms. The molecule has 5 nitrogen and oxygen atoms in total. The van der Waals surface area contributed by atoms with E-state index in [1.165, 1.54) is 0 Å². The van der Waals surface area contributed by atoms with Crippen molar-refractivity contribution in [1.29, 1.82) is 0 Å². The van der Waals surface area contributed by atoms with E-state index in [0.717, 1.165) is 28.2 Å². The highest BCUT2D eigenvalue weighted by Gasteiger charge is 2.41. The molecule has 0 unspecified atom stereocenters. The highest BCUT2D eigenvalue weighted by Crippen LogP contribution is 2.48. The Labute approximate surface area is 161 Å². The molecule has 0 bridgehead atoms. The predicted molar refractivity (Wildman–Crippen MR) is 103 cm³/mol. The maximum absolute atomic E-state index is 10.3. The summed E-state index contributed by atoms with van der Waals surface area (Å²) in [7, 11) is 0. The topological polar surface area (TPSA) is 58.0 Å². The molecule has 1 N–H and O–H groups in total. The summed E-state index contributed by atoms with van der Waals surface area (Å²) in [6.45, 7) is 0. The normalized spacial score (nSPS) is 20.5. The number of hydrogen-bond acceptors (Lipinski definition) is 5. The molecule has 0 fully saturated rings. The average Bonchev–Trinajstić information content (AvgIpc) is 3.14. The third kappa shape index (κ3) is 2.71. The zero-order valence-corrected chi connectivity index (χ0v) is 15.0. The van der Waals surface area contributed by atoms with E-state index in [9.17, 15) is 5.11 Å². The lowest BCUT2D eigenvalue weighted by atomic mass is 9.95. The van der Waals surface area contributed by atoms with Crippen molar-refractivity contribution in [3.63, 3.8) is 0 Å². The molecule has 1 aromatic heterocycles. The Kier molecular flexibility index (Phi) is 3.76.